The van der Waals surface area contributed by atoms with Gasteiger partial charge < -0.3 is 15.4 Å². The molecule has 2 N–H and O–H groups in total. The maximum absolute atomic E-state index is 6.20. The van der Waals surface area contributed by atoms with Gasteiger partial charge in [-0.2, -0.15) is 0 Å². The number of rotatable bonds is 6. The van der Waals surface area contributed by atoms with Crippen LogP contribution in [0.3, 0.4) is 0 Å². The predicted molar refractivity (Wildman–Crippen MR) is 84.0 cm³/mol. The number of nitrogens with zero attached hydrogens (tertiary/aromatic N) is 2. The van der Waals surface area contributed by atoms with Crippen LogP contribution in [0.25, 0.3) is 0 Å². The normalized spacial score (nSPS) is 32.7. The molecule has 0 aromatic carbocycles. The van der Waals surface area contributed by atoms with Crippen molar-refractivity contribution in [1.29, 1.82) is 0 Å². The number of nitrogens with two attached hydrogens (primary N) is 1. The average molecular weight is 283 g/mol. The first-order valence-corrected chi connectivity index (χ1v) is 8.45. The smallest absolute Gasteiger partial charge is 0.0702 e. The Balaban J connectivity index is 1.93. The van der Waals surface area contributed by atoms with Gasteiger partial charge in [-0.15, -0.1) is 0 Å². The molecule has 0 aliphatic carbocycles. The maximum Gasteiger partial charge on any atom is 0.0702 e. The van der Waals surface area contributed by atoms with E-state index in [1.807, 2.05) is 0 Å². The minimum absolute atomic E-state index is 0.189. The van der Waals surface area contributed by atoms with Crippen molar-refractivity contribution in [3.05, 3.63) is 0 Å². The fraction of sp³-hybridized carbons (Fsp3) is 1.00. The van der Waals surface area contributed by atoms with E-state index in [9.17, 15) is 0 Å². The molecule has 20 heavy (non-hydrogen) atoms. The third kappa shape index (κ3) is 3.94. The van der Waals surface area contributed by atoms with Crippen molar-refractivity contribution in [1.82, 2.24) is 9.80 Å². The fourth-order valence-electron chi connectivity index (χ4n) is 3.80. The Bertz CT molecular complexity index is 281. The molecule has 4 nitrogen and oxygen atoms in total. The summed E-state index contributed by atoms with van der Waals surface area (Å²) in [6.07, 6.45) is 7.82. The Morgan fingerprint density at radius 3 is 2.80 bits per heavy atom. The zero-order valence-electron chi connectivity index (χ0n) is 13.4. The second-order valence-corrected chi connectivity index (χ2v) is 6.64. The quantitative estimate of drug-likeness (QED) is 0.805. The average Bonchev–Trinajstić information content (AvgIpc) is 2.86. The van der Waals surface area contributed by atoms with Gasteiger partial charge >= 0.3 is 0 Å². The van der Waals surface area contributed by atoms with Gasteiger partial charge in [0.25, 0.3) is 0 Å². The molecule has 0 spiro atoms. The summed E-state index contributed by atoms with van der Waals surface area (Å²) in [6.45, 7) is 8.70. The summed E-state index contributed by atoms with van der Waals surface area (Å²) >= 11 is 0. The van der Waals surface area contributed by atoms with Gasteiger partial charge in [0, 0.05) is 25.2 Å². The zero-order chi connectivity index (χ0) is 14.4. The molecule has 0 aromatic heterocycles. The Morgan fingerprint density at radius 1 is 1.30 bits per heavy atom. The number of hydrogen-bond acceptors (Lipinski definition) is 4. The SMILES string of the molecule is CCCN1CCCC(CN)(N(C)CC2CCCO2)CC1. The Labute approximate surface area is 124 Å². The zero-order valence-corrected chi connectivity index (χ0v) is 13.4. The van der Waals surface area contributed by atoms with E-state index in [0.717, 1.165) is 19.7 Å². The van der Waals surface area contributed by atoms with Crippen molar-refractivity contribution in [2.24, 2.45) is 5.73 Å². The lowest BCUT2D eigenvalue weighted by Crippen LogP contribution is -2.54. The van der Waals surface area contributed by atoms with Gasteiger partial charge in [-0.05, 0) is 65.2 Å². The van der Waals surface area contributed by atoms with Crippen LogP contribution in [0.4, 0.5) is 0 Å². The molecule has 2 heterocycles. The molecule has 2 aliphatic heterocycles. The molecule has 2 rings (SSSR count). The van der Waals surface area contributed by atoms with Gasteiger partial charge in [0.2, 0.25) is 0 Å². The molecule has 118 valence electrons. The van der Waals surface area contributed by atoms with Crippen LogP contribution in [-0.2, 0) is 4.74 Å². The molecule has 0 bridgehead atoms. The van der Waals surface area contributed by atoms with E-state index < -0.39 is 0 Å². The van der Waals surface area contributed by atoms with Crippen molar-refractivity contribution in [2.75, 3.05) is 46.4 Å². The molecule has 2 aliphatic rings. The number of ether oxygens (including phenoxy) is 1. The Morgan fingerprint density at radius 2 is 2.15 bits per heavy atom. The van der Waals surface area contributed by atoms with Crippen LogP contribution >= 0.6 is 0 Å². The Hall–Kier alpha value is -0.160. The molecule has 2 fully saturated rings. The first-order valence-electron chi connectivity index (χ1n) is 8.45. The lowest BCUT2D eigenvalue weighted by molar-refractivity contribution is 0.0305. The minimum atomic E-state index is 0.189. The largest absolute Gasteiger partial charge is 0.377 e. The summed E-state index contributed by atoms with van der Waals surface area (Å²) in [4.78, 5) is 5.12. The summed E-state index contributed by atoms with van der Waals surface area (Å²) in [5, 5.41) is 0. The summed E-state index contributed by atoms with van der Waals surface area (Å²) in [5.41, 5.74) is 6.39. The van der Waals surface area contributed by atoms with E-state index >= 15 is 0 Å². The van der Waals surface area contributed by atoms with Crippen LogP contribution in [0, 0.1) is 0 Å². The van der Waals surface area contributed by atoms with Gasteiger partial charge in [-0.1, -0.05) is 6.92 Å². The van der Waals surface area contributed by atoms with Crippen LogP contribution in [0.15, 0.2) is 0 Å². The highest BCUT2D eigenvalue weighted by Crippen LogP contribution is 2.28. The van der Waals surface area contributed by atoms with E-state index in [0.29, 0.717) is 6.10 Å². The van der Waals surface area contributed by atoms with E-state index in [1.165, 1.54) is 58.2 Å². The topological polar surface area (TPSA) is 41.7 Å². The highest BCUT2D eigenvalue weighted by Gasteiger charge is 2.36. The van der Waals surface area contributed by atoms with Gasteiger partial charge in [-0.25, -0.2) is 0 Å². The van der Waals surface area contributed by atoms with Crippen LogP contribution in [0.1, 0.15) is 45.4 Å². The lowest BCUT2D eigenvalue weighted by atomic mass is 9.88. The van der Waals surface area contributed by atoms with Crippen molar-refractivity contribution in [3.8, 4) is 0 Å². The van der Waals surface area contributed by atoms with Crippen molar-refractivity contribution >= 4 is 0 Å². The number of likely N-dealkylation sites (tertiary alicyclic amines) is 1. The third-order valence-electron chi connectivity index (χ3n) is 5.24. The maximum atomic E-state index is 6.20. The molecule has 2 saturated heterocycles. The lowest BCUT2D eigenvalue weighted by Gasteiger charge is -2.42. The van der Waals surface area contributed by atoms with Gasteiger partial charge in [0.05, 0.1) is 6.10 Å². The van der Waals surface area contributed by atoms with Crippen molar-refractivity contribution in [2.45, 2.75) is 57.1 Å². The van der Waals surface area contributed by atoms with E-state index in [1.54, 1.807) is 0 Å². The van der Waals surface area contributed by atoms with Crippen LogP contribution < -0.4 is 5.73 Å². The minimum Gasteiger partial charge on any atom is -0.377 e. The molecule has 0 aromatic rings. The third-order valence-corrected chi connectivity index (χ3v) is 5.24. The highest BCUT2D eigenvalue weighted by atomic mass is 16.5. The molecule has 2 unspecified atom stereocenters. The second kappa shape index (κ2) is 7.74. The molecule has 4 heteroatoms. The monoisotopic (exact) mass is 283 g/mol. The van der Waals surface area contributed by atoms with Crippen LogP contribution in [0.5, 0.6) is 0 Å². The summed E-state index contributed by atoms with van der Waals surface area (Å²) in [7, 11) is 2.25. The Kier molecular flexibility index (Phi) is 6.27. The highest BCUT2D eigenvalue weighted by molar-refractivity contribution is 4.94. The standard InChI is InChI=1S/C16H33N3O/c1-3-9-19-10-5-7-16(14-17,8-11-19)18(2)13-15-6-4-12-20-15/h15H,3-14,17H2,1-2H3. The van der Waals surface area contributed by atoms with Crippen LogP contribution in [-0.4, -0.2) is 67.8 Å². The number of hydrogen-bond donors (Lipinski definition) is 1. The van der Waals surface area contributed by atoms with Crippen molar-refractivity contribution in [3.63, 3.8) is 0 Å². The first-order chi connectivity index (χ1) is 9.70. The predicted octanol–water partition coefficient (Wildman–Crippen LogP) is 1.69. The van der Waals surface area contributed by atoms with E-state index in [2.05, 4.69) is 23.8 Å². The molecular formula is C16H33N3O. The molecule has 0 radical (unpaired) electrons. The number of likely N-dealkylation sites (N-methyl/N-ethyl adjacent to an activating group) is 1. The van der Waals surface area contributed by atoms with Gasteiger partial charge in [0.15, 0.2) is 0 Å². The molecular weight excluding hydrogens is 250 g/mol. The van der Waals surface area contributed by atoms with E-state index in [4.69, 9.17) is 10.5 Å². The molecule has 0 saturated carbocycles. The fourth-order valence-corrected chi connectivity index (χ4v) is 3.80. The van der Waals surface area contributed by atoms with Crippen LogP contribution in [0.2, 0.25) is 0 Å². The summed E-state index contributed by atoms with van der Waals surface area (Å²) < 4.78 is 5.80. The molecule has 2 atom stereocenters. The van der Waals surface area contributed by atoms with E-state index in [-0.39, 0.29) is 5.54 Å². The summed E-state index contributed by atoms with van der Waals surface area (Å²) in [6, 6.07) is 0. The van der Waals surface area contributed by atoms with Gasteiger partial charge in [-0.3, -0.25) is 4.90 Å². The molecule has 0 amide bonds. The second-order valence-electron chi connectivity index (χ2n) is 6.64. The van der Waals surface area contributed by atoms with Gasteiger partial charge in [0.1, 0.15) is 0 Å². The summed E-state index contributed by atoms with van der Waals surface area (Å²) in [5.74, 6) is 0. The first kappa shape index (κ1) is 16.2. The van der Waals surface area contributed by atoms with Crippen molar-refractivity contribution < 1.29 is 4.74 Å².